The molecule has 0 fully saturated rings. The van der Waals surface area contributed by atoms with Gasteiger partial charge in [-0.3, -0.25) is 14.4 Å². The van der Waals surface area contributed by atoms with E-state index in [0.29, 0.717) is 5.56 Å². The molecule has 1 heterocycles. The lowest BCUT2D eigenvalue weighted by Crippen LogP contribution is -2.66. The zero-order chi connectivity index (χ0) is 31.5. The van der Waals surface area contributed by atoms with Crippen LogP contribution < -0.4 is 24.3 Å². The van der Waals surface area contributed by atoms with E-state index in [0.717, 1.165) is 4.90 Å². The third-order valence-electron chi connectivity index (χ3n) is 7.16. The standard InChI is InChI=1S/C31H29F3N2O7/c1-18-25(26(37)19-10-7-6-8-11-19)30(31(32,33)34,35-28(38)20-14-15-22(40-2)24(16-20)42-4)29(39)36(18)17-21-12-9-13-23(41-3)27(21)43-5/h6-16H,17H2,1-5H3,(H,35,38)/t30-/m0/s1. The number of nitrogens with one attached hydrogen (secondary N) is 1. The van der Waals surface area contributed by atoms with Crippen molar-refractivity contribution in [1.29, 1.82) is 0 Å². The number of hydrogen-bond acceptors (Lipinski definition) is 7. The highest BCUT2D eigenvalue weighted by molar-refractivity contribution is 6.19. The van der Waals surface area contributed by atoms with E-state index >= 15 is 13.2 Å². The smallest absolute Gasteiger partial charge is 0.425 e. The Morgan fingerprint density at radius 2 is 1.47 bits per heavy atom. The normalized spacial score (nSPS) is 16.7. The molecular weight excluding hydrogens is 569 g/mol. The van der Waals surface area contributed by atoms with Crippen LogP contribution in [0.25, 0.3) is 0 Å². The highest BCUT2D eigenvalue weighted by Gasteiger charge is 2.70. The quantitative estimate of drug-likeness (QED) is 0.330. The summed E-state index contributed by atoms with van der Waals surface area (Å²) in [5.41, 5.74) is -4.98. The highest BCUT2D eigenvalue weighted by Crippen LogP contribution is 2.47. The van der Waals surface area contributed by atoms with Crippen LogP contribution in [0.3, 0.4) is 0 Å². The number of hydrogen-bond donors (Lipinski definition) is 1. The van der Waals surface area contributed by atoms with Gasteiger partial charge in [0.15, 0.2) is 28.8 Å². The third kappa shape index (κ3) is 5.36. The van der Waals surface area contributed by atoms with E-state index in [1.54, 1.807) is 24.3 Å². The van der Waals surface area contributed by atoms with Gasteiger partial charge in [0.2, 0.25) is 5.54 Å². The number of carbonyl (C=O) groups excluding carboxylic acids is 3. The average molecular weight is 599 g/mol. The van der Waals surface area contributed by atoms with E-state index in [9.17, 15) is 14.4 Å². The van der Waals surface area contributed by atoms with Gasteiger partial charge in [0, 0.05) is 22.4 Å². The third-order valence-corrected chi connectivity index (χ3v) is 7.16. The largest absolute Gasteiger partial charge is 0.493 e. The molecule has 0 saturated heterocycles. The van der Waals surface area contributed by atoms with Gasteiger partial charge >= 0.3 is 6.18 Å². The molecule has 3 aromatic rings. The van der Waals surface area contributed by atoms with Crippen LogP contribution in [0.2, 0.25) is 0 Å². The van der Waals surface area contributed by atoms with E-state index in [4.69, 9.17) is 18.9 Å². The van der Waals surface area contributed by atoms with Crippen molar-refractivity contribution in [3.63, 3.8) is 0 Å². The Morgan fingerprint density at radius 1 is 0.814 bits per heavy atom. The van der Waals surface area contributed by atoms with Crippen molar-refractivity contribution in [1.82, 2.24) is 10.2 Å². The first-order valence-electron chi connectivity index (χ1n) is 12.9. The zero-order valence-electron chi connectivity index (χ0n) is 24.0. The Hall–Kier alpha value is -5.00. The summed E-state index contributed by atoms with van der Waals surface area (Å²) in [6, 6.07) is 15.7. The van der Waals surface area contributed by atoms with Crippen LogP contribution in [0.1, 0.15) is 33.2 Å². The molecule has 0 aliphatic carbocycles. The highest BCUT2D eigenvalue weighted by atomic mass is 19.4. The summed E-state index contributed by atoms with van der Waals surface area (Å²) in [5, 5.41) is 1.90. The molecule has 226 valence electrons. The van der Waals surface area contributed by atoms with Crippen LogP contribution in [0.15, 0.2) is 78.0 Å². The van der Waals surface area contributed by atoms with Gasteiger partial charge in [-0.15, -0.1) is 0 Å². The predicted octanol–water partition coefficient (Wildman–Crippen LogP) is 4.95. The number of ether oxygens (including phenoxy) is 4. The zero-order valence-corrected chi connectivity index (χ0v) is 24.0. The first kappa shape index (κ1) is 30.9. The van der Waals surface area contributed by atoms with Gasteiger partial charge < -0.3 is 29.2 Å². The van der Waals surface area contributed by atoms with Gasteiger partial charge in [-0.1, -0.05) is 42.5 Å². The molecule has 1 aliphatic rings. The molecule has 2 amide bonds. The maximum absolute atomic E-state index is 15.3. The monoisotopic (exact) mass is 598 g/mol. The predicted molar refractivity (Wildman–Crippen MR) is 149 cm³/mol. The molecular formula is C31H29F3N2O7. The van der Waals surface area contributed by atoms with Crippen molar-refractivity contribution in [2.45, 2.75) is 25.2 Å². The number of amides is 2. The summed E-state index contributed by atoms with van der Waals surface area (Å²) >= 11 is 0. The lowest BCUT2D eigenvalue weighted by Gasteiger charge is -2.33. The van der Waals surface area contributed by atoms with Crippen molar-refractivity contribution in [3.05, 3.63) is 94.7 Å². The summed E-state index contributed by atoms with van der Waals surface area (Å²) in [6.45, 7) is 0.817. The number of benzene rings is 3. The van der Waals surface area contributed by atoms with Crippen LogP contribution in [0.5, 0.6) is 23.0 Å². The van der Waals surface area contributed by atoms with Gasteiger partial charge in [0.25, 0.3) is 11.8 Å². The van der Waals surface area contributed by atoms with Gasteiger partial charge in [0.1, 0.15) is 0 Å². The van der Waals surface area contributed by atoms with Gasteiger partial charge in [0.05, 0.1) is 40.6 Å². The fraction of sp³-hybridized carbons (Fsp3) is 0.258. The minimum Gasteiger partial charge on any atom is -0.493 e. The lowest BCUT2D eigenvalue weighted by atomic mass is 9.84. The number of Topliss-reactive ketones (excluding diaryl/α,β-unsaturated/α-hetero) is 1. The maximum atomic E-state index is 15.3. The van der Waals surface area contributed by atoms with Crippen molar-refractivity contribution in [2.24, 2.45) is 0 Å². The maximum Gasteiger partial charge on any atom is 0.425 e. The van der Waals surface area contributed by atoms with E-state index < -0.39 is 41.4 Å². The summed E-state index contributed by atoms with van der Waals surface area (Å²) < 4.78 is 67.1. The van der Waals surface area contributed by atoms with Gasteiger partial charge in [-0.25, -0.2) is 0 Å². The molecule has 0 radical (unpaired) electrons. The summed E-state index contributed by atoms with van der Waals surface area (Å²) in [6.07, 6.45) is -5.44. The van der Waals surface area contributed by atoms with Crippen molar-refractivity contribution >= 4 is 17.6 Å². The molecule has 4 rings (SSSR count). The van der Waals surface area contributed by atoms with Gasteiger partial charge in [-0.05, 0) is 31.2 Å². The number of para-hydroxylation sites is 1. The molecule has 9 nitrogen and oxygen atoms in total. The van der Waals surface area contributed by atoms with Crippen LogP contribution >= 0.6 is 0 Å². The van der Waals surface area contributed by atoms with Crippen LogP contribution in [-0.2, 0) is 11.3 Å². The Balaban J connectivity index is 1.91. The number of nitrogens with zero attached hydrogens (tertiary/aromatic N) is 1. The fourth-order valence-electron chi connectivity index (χ4n) is 5.05. The number of allylic oxidation sites excluding steroid dienone is 1. The molecule has 1 N–H and O–H groups in total. The number of ketones is 1. The Morgan fingerprint density at radius 3 is 2.05 bits per heavy atom. The number of halogens is 3. The minimum atomic E-state index is -5.44. The Labute approximate surface area is 245 Å². The number of carbonyl (C=O) groups is 3. The Kier molecular flexibility index (Phi) is 8.70. The molecule has 1 atom stereocenters. The number of methoxy groups -OCH3 is 4. The molecule has 12 heteroatoms. The van der Waals surface area contributed by atoms with Gasteiger partial charge in [-0.2, -0.15) is 13.2 Å². The second-order valence-electron chi connectivity index (χ2n) is 9.47. The van der Waals surface area contributed by atoms with Crippen LogP contribution in [0, 0.1) is 0 Å². The van der Waals surface area contributed by atoms with Crippen molar-refractivity contribution in [3.8, 4) is 23.0 Å². The molecule has 0 aromatic heterocycles. The molecule has 0 spiro atoms. The lowest BCUT2D eigenvalue weighted by molar-refractivity contribution is -0.189. The molecule has 0 bridgehead atoms. The summed E-state index contributed by atoms with van der Waals surface area (Å²) in [5.74, 6) is -3.10. The van der Waals surface area contributed by atoms with Crippen molar-refractivity contribution in [2.75, 3.05) is 28.4 Å². The SMILES string of the molecule is COc1ccc(C(=O)N[C@]2(C(F)(F)F)C(=O)N(Cc3cccc(OC)c3OC)C(C)=C2C(=O)c2ccccc2)cc1OC. The molecule has 1 aliphatic heterocycles. The van der Waals surface area contributed by atoms with Crippen molar-refractivity contribution < 1.29 is 46.5 Å². The fourth-order valence-corrected chi connectivity index (χ4v) is 5.05. The second kappa shape index (κ2) is 12.1. The molecule has 0 saturated carbocycles. The average Bonchev–Trinajstić information content (AvgIpc) is 3.22. The number of rotatable bonds is 10. The Bertz CT molecular complexity index is 1590. The van der Waals surface area contributed by atoms with E-state index in [1.807, 2.05) is 5.32 Å². The van der Waals surface area contributed by atoms with Crippen LogP contribution in [-0.4, -0.2) is 62.7 Å². The first-order chi connectivity index (χ1) is 20.4. The number of alkyl halides is 3. The molecule has 0 unspecified atom stereocenters. The van der Waals surface area contributed by atoms with E-state index in [-0.39, 0.29) is 39.8 Å². The van der Waals surface area contributed by atoms with Crippen LogP contribution in [0.4, 0.5) is 13.2 Å². The summed E-state index contributed by atoms with van der Waals surface area (Å²) in [4.78, 5) is 42.2. The summed E-state index contributed by atoms with van der Waals surface area (Å²) in [7, 11) is 5.39. The topological polar surface area (TPSA) is 103 Å². The first-order valence-corrected chi connectivity index (χ1v) is 12.9. The second-order valence-corrected chi connectivity index (χ2v) is 9.47. The van der Waals surface area contributed by atoms with E-state index in [2.05, 4.69) is 0 Å². The van der Waals surface area contributed by atoms with E-state index in [1.165, 1.54) is 77.8 Å². The molecule has 3 aromatic carbocycles. The minimum absolute atomic E-state index is 0.0769. The molecule has 43 heavy (non-hydrogen) atoms.